The first-order valence-corrected chi connectivity index (χ1v) is 6.42. The summed E-state index contributed by atoms with van der Waals surface area (Å²) in [4.78, 5) is 16.0. The molecule has 1 N–H and O–H groups in total. The van der Waals surface area contributed by atoms with Gasteiger partial charge in [0.05, 0.1) is 16.4 Å². The Kier molecular flexibility index (Phi) is 4.07. The van der Waals surface area contributed by atoms with E-state index < -0.39 is 5.91 Å². The van der Waals surface area contributed by atoms with Crippen molar-refractivity contribution in [2.45, 2.75) is 13.3 Å². The standard InChI is InChI=1S/C12H12Cl2N4O/c1-3-8-9(6-18(2)17-8)15-12(19)11-7(13)4-5-10(14)16-11/h4-6H,3H2,1-2H3,(H,15,19). The molecule has 2 aromatic heterocycles. The van der Waals surface area contributed by atoms with Crippen LogP contribution in [0.5, 0.6) is 0 Å². The van der Waals surface area contributed by atoms with Crippen molar-refractivity contribution in [1.29, 1.82) is 0 Å². The number of nitrogens with zero attached hydrogens (tertiary/aromatic N) is 3. The van der Waals surface area contributed by atoms with E-state index in [1.165, 1.54) is 12.1 Å². The first kappa shape index (κ1) is 13.8. The van der Waals surface area contributed by atoms with Gasteiger partial charge in [-0.3, -0.25) is 9.48 Å². The number of carbonyl (C=O) groups excluding carboxylic acids is 1. The molecule has 0 aliphatic rings. The van der Waals surface area contributed by atoms with E-state index in [1.54, 1.807) is 17.9 Å². The summed E-state index contributed by atoms with van der Waals surface area (Å²) in [6, 6.07) is 3.07. The van der Waals surface area contributed by atoms with Gasteiger partial charge >= 0.3 is 0 Å². The third kappa shape index (κ3) is 3.05. The van der Waals surface area contributed by atoms with Crippen LogP contribution in [0.1, 0.15) is 23.1 Å². The van der Waals surface area contributed by atoms with E-state index in [-0.39, 0.29) is 15.9 Å². The maximum absolute atomic E-state index is 12.1. The molecule has 0 aromatic carbocycles. The first-order valence-electron chi connectivity index (χ1n) is 5.67. The SMILES string of the molecule is CCc1nn(C)cc1NC(=O)c1nc(Cl)ccc1Cl. The van der Waals surface area contributed by atoms with E-state index in [4.69, 9.17) is 23.2 Å². The van der Waals surface area contributed by atoms with Crippen LogP contribution in [0, 0.1) is 0 Å². The maximum atomic E-state index is 12.1. The smallest absolute Gasteiger partial charge is 0.275 e. The van der Waals surface area contributed by atoms with Crippen LogP contribution in [0.2, 0.25) is 10.2 Å². The number of nitrogens with one attached hydrogen (secondary N) is 1. The summed E-state index contributed by atoms with van der Waals surface area (Å²) in [5, 5.41) is 7.45. The van der Waals surface area contributed by atoms with E-state index in [0.717, 1.165) is 5.69 Å². The summed E-state index contributed by atoms with van der Waals surface area (Å²) in [5.74, 6) is -0.407. The Morgan fingerprint density at radius 3 is 2.84 bits per heavy atom. The zero-order chi connectivity index (χ0) is 14.0. The second kappa shape index (κ2) is 5.59. The average molecular weight is 299 g/mol. The minimum absolute atomic E-state index is 0.0973. The molecular weight excluding hydrogens is 287 g/mol. The number of rotatable bonds is 3. The molecule has 0 saturated carbocycles. The van der Waals surface area contributed by atoms with E-state index in [2.05, 4.69) is 15.4 Å². The fourth-order valence-corrected chi connectivity index (χ4v) is 2.00. The van der Waals surface area contributed by atoms with Gasteiger partial charge in [-0.25, -0.2) is 4.98 Å². The van der Waals surface area contributed by atoms with Crippen LogP contribution >= 0.6 is 23.2 Å². The minimum Gasteiger partial charge on any atom is -0.318 e. The van der Waals surface area contributed by atoms with Crippen LogP contribution < -0.4 is 5.32 Å². The molecule has 0 unspecified atom stereocenters. The summed E-state index contributed by atoms with van der Waals surface area (Å²) in [7, 11) is 1.79. The number of aromatic nitrogens is 3. The van der Waals surface area contributed by atoms with Gasteiger partial charge in [-0.1, -0.05) is 30.1 Å². The summed E-state index contributed by atoms with van der Waals surface area (Å²) in [6.07, 6.45) is 2.45. The lowest BCUT2D eigenvalue weighted by molar-refractivity contribution is 0.102. The van der Waals surface area contributed by atoms with Crippen LogP contribution in [0.15, 0.2) is 18.3 Å². The van der Waals surface area contributed by atoms with Crippen LogP contribution in [0.4, 0.5) is 5.69 Å². The molecule has 0 atom stereocenters. The van der Waals surface area contributed by atoms with Gasteiger partial charge in [-0.05, 0) is 18.6 Å². The zero-order valence-corrected chi connectivity index (χ0v) is 12.0. The Labute approximate surface area is 120 Å². The third-order valence-corrected chi connectivity index (χ3v) is 3.03. The second-order valence-electron chi connectivity index (χ2n) is 3.94. The van der Waals surface area contributed by atoms with Crippen LogP contribution in [0.25, 0.3) is 0 Å². The van der Waals surface area contributed by atoms with Gasteiger partial charge in [0.2, 0.25) is 0 Å². The van der Waals surface area contributed by atoms with E-state index in [1.807, 2.05) is 6.92 Å². The maximum Gasteiger partial charge on any atom is 0.275 e. The number of halogens is 2. The normalized spacial score (nSPS) is 10.5. The van der Waals surface area contributed by atoms with Gasteiger partial charge in [0, 0.05) is 13.2 Å². The lowest BCUT2D eigenvalue weighted by atomic mass is 10.3. The molecule has 19 heavy (non-hydrogen) atoms. The van der Waals surface area contributed by atoms with Crippen LogP contribution in [-0.4, -0.2) is 20.7 Å². The molecular formula is C12H12Cl2N4O. The molecule has 2 rings (SSSR count). The molecule has 1 amide bonds. The molecule has 0 aliphatic carbocycles. The lowest BCUT2D eigenvalue weighted by Crippen LogP contribution is -2.15. The van der Waals surface area contributed by atoms with E-state index in [0.29, 0.717) is 12.1 Å². The third-order valence-electron chi connectivity index (χ3n) is 2.52. The Balaban J connectivity index is 2.27. The van der Waals surface area contributed by atoms with E-state index >= 15 is 0 Å². The quantitative estimate of drug-likeness (QED) is 0.886. The number of pyridine rings is 1. The van der Waals surface area contributed by atoms with Crippen molar-refractivity contribution in [2.24, 2.45) is 7.05 Å². The van der Waals surface area contributed by atoms with Gasteiger partial charge < -0.3 is 5.32 Å². The molecule has 5 nitrogen and oxygen atoms in total. The minimum atomic E-state index is -0.407. The largest absolute Gasteiger partial charge is 0.318 e. The van der Waals surface area contributed by atoms with Crippen molar-refractivity contribution in [3.05, 3.63) is 39.9 Å². The zero-order valence-electron chi connectivity index (χ0n) is 10.4. The van der Waals surface area contributed by atoms with Gasteiger partial charge in [-0.15, -0.1) is 0 Å². The fraction of sp³-hybridized carbons (Fsp3) is 0.250. The second-order valence-corrected chi connectivity index (χ2v) is 4.73. The highest BCUT2D eigenvalue weighted by molar-refractivity contribution is 6.35. The Bertz CT molecular complexity index is 624. The Hall–Kier alpha value is -1.59. The molecule has 0 aliphatic heterocycles. The molecule has 2 heterocycles. The highest BCUT2D eigenvalue weighted by Crippen LogP contribution is 2.20. The number of carbonyl (C=O) groups is 1. The number of anilines is 1. The number of hydrogen-bond donors (Lipinski definition) is 1. The van der Waals surface area contributed by atoms with Crippen molar-refractivity contribution in [3.63, 3.8) is 0 Å². The molecule has 0 saturated heterocycles. The Morgan fingerprint density at radius 1 is 1.42 bits per heavy atom. The number of aryl methyl sites for hydroxylation is 2. The molecule has 0 bridgehead atoms. The van der Waals surface area contributed by atoms with Crippen LogP contribution in [0.3, 0.4) is 0 Å². The fourth-order valence-electron chi connectivity index (χ4n) is 1.66. The summed E-state index contributed by atoms with van der Waals surface area (Å²) >= 11 is 11.7. The van der Waals surface area contributed by atoms with E-state index in [9.17, 15) is 4.79 Å². The highest BCUT2D eigenvalue weighted by atomic mass is 35.5. The first-order chi connectivity index (χ1) is 9.01. The predicted octanol–water partition coefficient (Wildman–Crippen LogP) is 2.94. The molecule has 0 fully saturated rings. The monoisotopic (exact) mass is 298 g/mol. The molecule has 2 aromatic rings. The van der Waals surface area contributed by atoms with Crippen molar-refractivity contribution in [1.82, 2.24) is 14.8 Å². The van der Waals surface area contributed by atoms with Gasteiger partial charge in [-0.2, -0.15) is 5.10 Å². The average Bonchev–Trinajstić information content (AvgIpc) is 2.72. The van der Waals surface area contributed by atoms with Crippen molar-refractivity contribution in [3.8, 4) is 0 Å². The molecule has 0 radical (unpaired) electrons. The highest BCUT2D eigenvalue weighted by Gasteiger charge is 2.16. The number of hydrogen-bond acceptors (Lipinski definition) is 3. The van der Waals surface area contributed by atoms with Crippen LogP contribution in [-0.2, 0) is 13.5 Å². The summed E-state index contributed by atoms with van der Waals surface area (Å²) in [6.45, 7) is 1.96. The van der Waals surface area contributed by atoms with Gasteiger partial charge in [0.25, 0.3) is 5.91 Å². The van der Waals surface area contributed by atoms with Crippen molar-refractivity contribution >= 4 is 34.8 Å². The van der Waals surface area contributed by atoms with Crippen molar-refractivity contribution in [2.75, 3.05) is 5.32 Å². The molecule has 100 valence electrons. The summed E-state index contributed by atoms with van der Waals surface area (Å²) in [5.41, 5.74) is 1.54. The van der Waals surface area contributed by atoms with Gasteiger partial charge in [0.1, 0.15) is 10.8 Å². The molecule has 7 heteroatoms. The topological polar surface area (TPSA) is 59.8 Å². The lowest BCUT2D eigenvalue weighted by Gasteiger charge is -2.05. The number of amides is 1. The van der Waals surface area contributed by atoms with Gasteiger partial charge in [0.15, 0.2) is 0 Å². The Morgan fingerprint density at radius 2 is 2.16 bits per heavy atom. The summed E-state index contributed by atoms with van der Waals surface area (Å²) < 4.78 is 1.64. The molecule has 0 spiro atoms. The predicted molar refractivity (Wildman–Crippen MR) is 74.8 cm³/mol. The van der Waals surface area contributed by atoms with Crippen molar-refractivity contribution < 1.29 is 4.79 Å².